The molecule has 1 aliphatic rings. The van der Waals surface area contributed by atoms with Crippen LogP contribution in [0.3, 0.4) is 0 Å². The van der Waals surface area contributed by atoms with Crippen molar-refractivity contribution in [1.29, 1.82) is 0 Å². The normalized spacial score (nSPS) is 13.8. The van der Waals surface area contributed by atoms with Crippen molar-refractivity contribution in [1.82, 2.24) is 9.97 Å². The molecule has 1 N–H and O–H groups in total. The maximum absolute atomic E-state index is 13.4. The molecule has 5 rings (SSSR count). The molecule has 2 aromatic carbocycles. The third-order valence-corrected chi connectivity index (χ3v) is 8.02. The summed E-state index contributed by atoms with van der Waals surface area (Å²) < 4.78 is 0. The van der Waals surface area contributed by atoms with Crippen LogP contribution < -0.4 is 9.80 Å². The van der Waals surface area contributed by atoms with Gasteiger partial charge in [-0.25, -0.2) is 9.97 Å². The van der Waals surface area contributed by atoms with Gasteiger partial charge in [0.05, 0.1) is 18.0 Å². The summed E-state index contributed by atoms with van der Waals surface area (Å²) in [6, 6.07) is 18.6. The fourth-order valence-corrected chi connectivity index (χ4v) is 5.81. The van der Waals surface area contributed by atoms with Gasteiger partial charge in [-0.15, -0.1) is 11.3 Å². The molecule has 1 aliphatic heterocycles. The number of pyridine rings is 1. The number of benzene rings is 2. The number of hydrogen-bond donors (Lipinski definition) is 1. The van der Waals surface area contributed by atoms with Crippen LogP contribution in [0.15, 0.2) is 72.2 Å². The number of carboxylic acid groups (broad SMARTS) is 1. The average molecular weight is 575 g/mol. The van der Waals surface area contributed by atoms with E-state index in [0.717, 1.165) is 28.7 Å². The first-order chi connectivity index (χ1) is 19.3. The van der Waals surface area contributed by atoms with E-state index in [-0.39, 0.29) is 18.2 Å². The van der Waals surface area contributed by atoms with E-state index >= 15 is 0 Å². The molecule has 2 amide bonds. The molecule has 0 unspecified atom stereocenters. The number of nitrogens with zero attached hydrogens (tertiary/aromatic N) is 4. The summed E-state index contributed by atoms with van der Waals surface area (Å²) in [5.41, 5.74) is 4.00. The molecule has 2 aromatic heterocycles. The monoisotopic (exact) mass is 574 g/mol. The highest BCUT2D eigenvalue weighted by molar-refractivity contribution is 7.14. The van der Waals surface area contributed by atoms with Crippen LogP contribution in [0.1, 0.15) is 24.8 Å². The van der Waals surface area contributed by atoms with Gasteiger partial charge in [0.2, 0.25) is 11.8 Å². The van der Waals surface area contributed by atoms with Gasteiger partial charge in [-0.2, -0.15) is 0 Å². The van der Waals surface area contributed by atoms with Crippen LogP contribution in [-0.4, -0.2) is 46.5 Å². The maximum Gasteiger partial charge on any atom is 0.304 e. The van der Waals surface area contributed by atoms with Gasteiger partial charge in [-0.3, -0.25) is 24.2 Å². The first-order valence-corrected chi connectivity index (χ1v) is 14.1. The smallest absolute Gasteiger partial charge is 0.304 e. The van der Waals surface area contributed by atoms with E-state index in [0.29, 0.717) is 41.1 Å². The van der Waals surface area contributed by atoms with Crippen molar-refractivity contribution in [3.63, 3.8) is 0 Å². The number of amides is 2. The molecule has 10 heteroatoms. The summed E-state index contributed by atoms with van der Waals surface area (Å²) in [4.78, 5) is 49.4. The van der Waals surface area contributed by atoms with Crippen LogP contribution in [0, 0.1) is 5.92 Å². The van der Waals surface area contributed by atoms with Crippen LogP contribution in [0.5, 0.6) is 0 Å². The molecule has 3 heterocycles. The van der Waals surface area contributed by atoms with Gasteiger partial charge < -0.3 is 5.11 Å². The highest BCUT2D eigenvalue weighted by Crippen LogP contribution is 2.37. The van der Waals surface area contributed by atoms with E-state index in [1.165, 1.54) is 16.2 Å². The van der Waals surface area contributed by atoms with E-state index in [9.17, 15) is 19.5 Å². The van der Waals surface area contributed by atoms with Gasteiger partial charge >= 0.3 is 5.97 Å². The number of rotatable bonds is 9. The molecular weight excluding hydrogens is 548 g/mol. The molecule has 40 heavy (non-hydrogen) atoms. The Morgan fingerprint density at radius 2 is 1.93 bits per heavy atom. The number of carbonyl (C=O) groups is 3. The summed E-state index contributed by atoms with van der Waals surface area (Å²) in [7, 11) is 1.62. The summed E-state index contributed by atoms with van der Waals surface area (Å²) in [5.74, 6) is -1.36. The molecule has 0 saturated carbocycles. The van der Waals surface area contributed by atoms with Crippen molar-refractivity contribution < 1.29 is 19.5 Å². The van der Waals surface area contributed by atoms with Crippen molar-refractivity contribution >= 4 is 51.7 Å². The largest absolute Gasteiger partial charge is 0.481 e. The molecular formula is C30H27ClN4O4S. The molecule has 0 spiro atoms. The van der Waals surface area contributed by atoms with Gasteiger partial charge in [0.25, 0.3) is 0 Å². The van der Waals surface area contributed by atoms with Gasteiger partial charge in [-0.05, 0) is 48.2 Å². The quantitative estimate of drug-likeness (QED) is 0.265. The fraction of sp³-hybridized carbons (Fsp3) is 0.233. The predicted octanol–water partition coefficient (Wildman–Crippen LogP) is 5.95. The first kappa shape index (κ1) is 27.5. The van der Waals surface area contributed by atoms with Crippen LogP contribution in [0.4, 0.5) is 10.9 Å². The molecule has 0 radical (unpaired) electrons. The minimum Gasteiger partial charge on any atom is -0.481 e. The van der Waals surface area contributed by atoms with Gasteiger partial charge in [0.15, 0.2) is 5.13 Å². The lowest BCUT2D eigenvalue weighted by atomic mass is 9.95. The summed E-state index contributed by atoms with van der Waals surface area (Å²) in [6.07, 6.45) is 3.14. The number of hydrogen-bond acceptors (Lipinski definition) is 6. The summed E-state index contributed by atoms with van der Waals surface area (Å²) >= 11 is 7.66. The molecule has 4 aromatic rings. The van der Waals surface area contributed by atoms with Crippen molar-refractivity contribution in [2.24, 2.45) is 5.92 Å². The minimum absolute atomic E-state index is 0.0791. The van der Waals surface area contributed by atoms with Crippen molar-refractivity contribution in [2.75, 3.05) is 23.4 Å². The van der Waals surface area contributed by atoms with Crippen LogP contribution in [0.2, 0.25) is 5.02 Å². The lowest BCUT2D eigenvalue weighted by Gasteiger charge is -2.21. The van der Waals surface area contributed by atoms with Crippen molar-refractivity contribution in [2.45, 2.75) is 25.7 Å². The van der Waals surface area contributed by atoms with Gasteiger partial charge in [0, 0.05) is 47.7 Å². The second kappa shape index (κ2) is 12.0. The van der Waals surface area contributed by atoms with Crippen molar-refractivity contribution in [3.05, 3.63) is 82.8 Å². The van der Waals surface area contributed by atoms with Crippen LogP contribution in [-0.2, 0) is 20.8 Å². The van der Waals surface area contributed by atoms with Gasteiger partial charge in [0.1, 0.15) is 5.82 Å². The zero-order chi connectivity index (χ0) is 28.2. The second-order valence-corrected chi connectivity index (χ2v) is 10.9. The molecule has 204 valence electrons. The van der Waals surface area contributed by atoms with E-state index in [4.69, 9.17) is 16.6 Å². The third-order valence-electron chi connectivity index (χ3n) is 6.87. The lowest BCUT2D eigenvalue weighted by molar-refractivity contribution is -0.140. The SMILES string of the molecule is CN(C(=O)[C@@H](CC(=O)O)Cc1ccccc1)c1nc(-c2cc(Cl)ccc2-c2ccc(N3CCCC3=O)nc2)cs1. The molecule has 0 bridgehead atoms. The van der Waals surface area contributed by atoms with Crippen LogP contribution in [0.25, 0.3) is 22.4 Å². The lowest BCUT2D eigenvalue weighted by Crippen LogP contribution is -2.35. The Morgan fingerprint density at radius 3 is 2.60 bits per heavy atom. The number of aliphatic carboxylic acids is 1. The third kappa shape index (κ3) is 6.05. The zero-order valence-corrected chi connectivity index (χ0v) is 23.4. The number of aromatic nitrogens is 2. The Labute approximate surface area is 240 Å². The van der Waals surface area contributed by atoms with Crippen molar-refractivity contribution in [3.8, 4) is 22.4 Å². The standard InChI is InChI=1S/C30H27ClN4O4S/c1-34(29(39)21(15-28(37)38)14-19-6-3-2-4-7-19)30-33-25(18-40-30)24-16-22(31)10-11-23(24)20-9-12-26(32-17-20)35-13-5-8-27(35)36/h2-4,6-7,9-12,16-18,21H,5,8,13-15H2,1H3,(H,37,38)/t21-/m1/s1. The molecule has 0 aliphatic carbocycles. The van der Waals surface area contributed by atoms with Gasteiger partial charge in [-0.1, -0.05) is 48.0 Å². The molecule has 1 saturated heterocycles. The zero-order valence-electron chi connectivity index (χ0n) is 21.8. The molecule has 1 fully saturated rings. The number of carboxylic acids is 1. The van der Waals surface area contributed by atoms with E-state index in [2.05, 4.69) is 4.98 Å². The Kier molecular flexibility index (Phi) is 8.23. The van der Waals surface area contributed by atoms with E-state index in [1.54, 1.807) is 24.2 Å². The fourth-order valence-electron chi connectivity index (χ4n) is 4.84. The Bertz CT molecular complexity index is 1540. The predicted molar refractivity (Wildman–Crippen MR) is 157 cm³/mol. The summed E-state index contributed by atoms with van der Waals surface area (Å²) in [6.45, 7) is 0.671. The second-order valence-electron chi connectivity index (χ2n) is 9.64. The number of carbonyl (C=O) groups excluding carboxylic acids is 2. The Balaban J connectivity index is 1.40. The van der Waals surface area contributed by atoms with E-state index in [1.807, 2.05) is 60.0 Å². The maximum atomic E-state index is 13.4. The Morgan fingerprint density at radius 1 is 1.12 bits per heavy atom. The van der Waals surface area contributed by atoms with Crippen LogP contribution >= 0.6 is 22.9 Å². The topological polar surface area (TPSA) is 104 Å². The highest BCUT2D eigenvalue weighted by Gasteiger charge is 2.28. The minimum atomic E-state index is -1.03. The Hall–Kier alpha value is -4.08. The first-order valence-electron chi connectivity index (χ1n) is 12.9. The molecule has 1 atom stereocenters. The highest BCUT2D eigenvalue weighted by atomic mass is 35.5. The summed E-state index contributed by atoms with van der Waals surface area (Å²) in [5, 5.41) is 12.3. The number of halogens is 1. The molecule has 8 nitrogen and oxygen atoms in total. The number of anilines is 2. The number of thiazole rings is 1. The van der Waals surface area contributed by atoms with E-state index < -0.39 is 11.9 Å². The average Bonchev–Trinajstić information content (AvgIpc) is 3.62.